The maximum absolute atomic E-state index is 13.2. The summed E-state index contributed by atoms with van der Waals surface area (Å²) >= 11 is 19.9. The first-order valence-electron chi connectivity index (χ1n) is 11.8. The second-order valence-electron chi connectivity index (χ2n) is 9.23. The smallest absolute Gasteiger partial charge is 0.338 e. The van der Waals surface area contributed by atoms with Crippen LogP contribution >= 0.6 is 46.1 Å². The van der Waals surface area contributed by atoms with Crippen molar-refractivity contribution in [3.63, 3.8) is 0 Å². The molecule has 1 fully saturated rings. The molecule has 1 atom stereocenters. The van der Waals surface area contributed by atoms with Gasteiger partial charge in [-0.25, -0.2) is 4.98 Å². The first-order chi connectivity index (χ1) is 18.0. The molecule has 2 aromatic carbocycles. The Hall–Kier alpha value is -2.53. The van der Waals surface area contributed by atoms with Gasteiger partial charge in [-0.3, -0.25) is 0 Å². The Morgan fingerprint density at radius 1 is 1.00 bits per heavy atom. The number of hydrogen-bond acceptors (Lipinski definition) is 7. The first-order valence-corrected chi connectivity index (χ1v) is 13.8. The van der Waals surface area contributed by atoms with Crippen LogP contribution in [0.1, 0.15) is 32.3 Å². The van der Waals surface area contributed by atoms with Crippen molar-refractivity contribution in [2.24, 2.45) is 5.92 Å². The van der Waals surface area contributed by atoms with E-state index in [9.17, 15) is 13.2 Å². The standard InChI is InChI=1S/C25H22Cl3F3N6S/c1-12(2)18-7-4-10-37(18)23-35-21(32-13-8-9-14(17(28)11-13)25(29,30)31)20-22(36-23)38-24(34-20)33-19-15(26)5-3-6-16(19)27/h3,5-6,8-9,11-12,18H,4,7,10H2,1-2H3,(H,33,34)(H,32,35,36). The van der Waals surface area contributed by atoms with Crippen LogP contribution < -0.4 is 15.5 Å². The monoisotopic (exact) mass is 600 g/mol. The van der Waals surface area contributed by atoms with Gasteiger partial charge in [0.25, 0.3) is 0 Å². The van der Waals surface area contributed by atoms with E-state index < -0.39 is 16.8 Å². The number of aromatic nitrogens is 3. The fraction of sp³-hybridized carbons (Fsp3) is 0.320. The Morgan fingerprint density at radius 2 is 1.74 bits per heavy atom. The number of anilines is 5. The van der Waals surface area contributed by atoms with Gasteiger partial charge in [-0.2, -0.15) is 23.1 Å². The van der Waals surface area contributed by atoms with Crippen LogP contribution in [0.25, 0.3) is 10.3 Å². The molecule has 4 aromatic rings. The van der Waals surface area contributed by atoms with E-state index in [-0.39, 0.29) is 6.04 Å². The second kappa shape index (κ2) is 10.6. The predicted octanol–water partition coefficient (Wildman–Crippen LogP) is 9.18. The zero-order valence-corrected chi connectivity index (χ0v) is 23.3. The summed E-state index contributed by atoms with van der Waals surface area (Å²) in [6.45, 7) is 5.12. The van der Waals surface area contributed by atoms with Gasteiger partial charge in [-0.05, 0) is 49.1 Å². The molecule has 6 nitrogen and oxygen atoms in total. The molecule has 1 unspecified atom stereocenters. The Kier molecular flexibility index (Phi) is 7.52. The van der Waals surface area contributed by atoms with E-state index in [1.165, 1.54) is 23.5 Å². The lowest BCUT2D eigenvalue weighted by atomic mass is 10.0. The molecule has 1 aliphatic rings. The van der Waals surface area contributed by atoms with Gasteiger partial charge in [0.2, 0.25) is 5.95 Å². The SMILES string of the molecule is CC(C)C1CCCN1c1nc(Nc2ccc(C(F)(F)F)c(Cl)c2)c2nc(Nc3c(Cl)cccc3Cl)sc2n1. The summed E-state index contributed by atoms with van der Waals surface area (Å²) in [5, 5.41) is 7.19. The lowest BCUT2D eigenvalue weighted by Gasteiger charge is -2.27. The van der Waals surface area contributed by atoms with Gasteiger partial charge in [0, 0.05) is 18.3 Å². The highest BCUT2D eigenvalue weighted by molar-refractivity contribution is 7.22. The predicted molar refractivity (Wildman–Crippen MR) is 150 cm³/mol. The van der Waals surface area contributed by atoms with E-state index in [0.29, 0.717) is 54.6 Å². The van der Waals surface area contributed by atoms with Crippen LogP contribution in [-0.4, -0.2) is 27.5 Å². The van der Waals surface area contributed by atoms with Crippen LogP contribution in [0.15, 0.2) is 36.4 Å². The van der Waals surface area contributed by atoms with Gasteiger partial charge in [0.05, 0.1) is 26.3 Å². The Morgan fingerprint density at radius 3 is 2.39 bits per heavy atom. The topological polar surface area (TPSA) is 66.0 Å². The summed E-state index contributed by atoms with van der Waals surface area (Å²) in [5.74, 6) is 1.27. The fourth-order valence-electron chi connectivity index (χ4n) is 4.50. The third-order valence-corrected chi connectivity index (χ3v) is 8.11. The van der Waals surface area contributed by atoms with Gasteiger partial charge in [0.1, 0.15) is 5.52 Å². The van der Waals surface area contributed by atoms with E-state index in [2.05, 4.69) is 34.4 Å². The number of alkyl halides is 3. The van der Waals surface area contributed by atoms with Crippen molar-refractivity contribution in [2.75, 3.05) is 22.1 Å². The molecule has 0 amide bonds. The normalized spacial score (nSPS) is 16.0. The summed E-state index contributed by atoms with van der Waals surface area (Å²) in [7, 11) is 0. The van der Waals surface area contributed by atoms with Crippen LogP contribution in [0.3, 0.4) is 0 Å². The minimum absolute atomic E-state index is 0.272. The molecule has 38 heavy (non-hydrogen) atoms. The molecule has 2 N–H and O–H groups in total. The minimum atomic E-state index is -4.55. The summed E-state index contributed by atoms with van der Waals surface area (Å²) < 4.78 is 39.6. The number of rotatable bonds is 6. The van der Waals surface area contributed by atoms with Crippen molar-refractivity contribution in [3.05, 3.63) is 57.0 Å². The number of halogens is 6. The van der Waals surface area contributed by atoms with Crippen molar-refractivity contribution in [1.82, 2.24) is 15.0 Å². The lowest BCUT2D eigenvalue weighted by Crippen LogP contribution is -2.34. The molecule has 1 aliphatic heterocycles. The molecular weight excluding hydrogens is 580 g/mol. The van der Waals surface area contributed by atoms with E-state index >= 15 is 0 Å². The van der Waals surface area contributed by atoms with Crippen molar-refractivity contribution in [3.8, 4) is 0 Å². The van der Waals surface area contributed by atoms with Crippen LogP contribution in [0.4, 0.5) is 41.4 Å². The average Bonchev–Trinajstić information content (AvgIpc) is 3.48. The molecular formula is C25H22Cl3F3N6S. The fourth-order valence-corrected chi connectivity index (χ4v) is 6.12. The number of hydrogen-bond donors (Lipinski definition) is 2. The number of para-hydroxylation sites is 1. The molecule has 13 heteroatoms. The van der Waals surface area contributed by atoms with Crippen molar-refractivity contribution in [2.45, 2.75) is 38.9 Å². The first kappa shape index (κ1) is 27.1. The maximum atomic E-state index is 13.2. The van der Waals surface area contributed by atoms with E-state index in [1.54, 1.807) is 18.2 Å². The van der Waals surface area contributed by atoms with Crippen molar-refractivity contribution < 1.29 is 13.2 Å². The highest BCUT2D eigenvalue weighted by Crippen LogP contribution is 2.40. The molecule has 5 rings (SSSR count). The van der Waals surface area contributed by atoms with Crippen molar-refractivity contribution >= 4 is 84.8 Å². The number of nitrogens with zero attached hydrogens (tertiary/aromatic N) is 4. The quantitative estimate of drug-likeness (QED) is 0.230. The molecule has 0 spiro atoms. The van der Waals surface area contributed by atoms with Gasteiger partial charge in [-0.1, -0.05) is 66.1 Å². The molecule has 2 aromatic heterocycles. The van der Waals surface area contributed by atoms with Gasteiger partial charge >= 0.3 is 6.18 Å². The number of benzene rings is 2. The van der Waals surface area contributed by atoms with Crippen LogP contribution in [0, 0.1) is 5.92 Å². The summed E-state index contributed by atoms with van der Waals surface area (Å²) in [5.41, 5.74) is 0.381. The number of thiazole rings is 1. The van der Waals surface area contributed by atoms with Crippen LogP contribution in [-0.2, 0) is 6.18 Å². The summed E-state index contributed by atoms with van der Waals surface area (Å²) in [4.78, 5) is 17.0. The molecule has 200 valence electrons. The minimum Gasteiger partial charge on any atom is -0.338 e. The third-order valence-electron chi connectivity index (χ3n) is 6.30. The Labute approximate surface area is 236 Å². The van der Waals surface area contributed by atoms with Gasteiger partial charge in [-0.15, -0.1) is 0 Å². The van der Waals surface area contributed by atoms with Gasteiger partial charge < -0.3 is 15.5 Å². The number of fused-ring (bicyclic) bond motifs is 1. The molecule has 0 saturated carbocycles. The molecule has 0 radical (unpaired) electrons. The highest BCUT2D eigenvalue weighted by Gasteiger charge is 2.33. The van der Waals surface area contributed by atoms with E-state index in [1.807, 2.05) is 0 Å². The zero-order chi connectivity index (χ0) is 27.2. The van der Waals surface area contributed by atoms with E-state index in [0.717, 1.165) is 25.5 Å². The third kappa shape index (κ3) is 5.45. The summed E-state index contributed by atoms with van der Waals surface area (Å²) in [6.07, 6.45) is -2.51. The lowest BCUT2D eigenvalue weighted by molar-refractivity contribution is -0.137. The molecule has 0 bridgehead atoms. The largest absolute Gasteiger partial charge is 0.417 e. The zero-order valence-electron chi connectivity index (χ0n) is 20.2. The van der Waals surface area contributed by atoms with Crippen LogP contribution in [0.5, 0.6) is 0 Å². The highest BCUT2D eigenvalue weighted by atomic mass is 35.5. The molecule has 3 heterocycles. The van der Waals surface area contributed by atoms with Crippen molar-refractivity contribution in [1.29, 1.82) is 0 Å². The Bertz CT molecular complexity index is 1470. The van der Waals surface area contributed by atoms with Crippen LogP contribution in [0.2, 0.25) is 15.1 Å². The Balaban J connectivity index is 1.58. The number of nitrogens with one attached hydrogen (secondary N) is 2. The second-order valence-corrected chi connectivity index (χ2v) is 11.4. The maximum Gasteiger partial charge on any atom is 0.417 e. The van der Waals surface area contributed by atoms with Gasteiger partial charge in [0.15, 0.2) is 15.8 Å². The summed E-state index contributed by atoms with van der Waals surface area (Å²) in [6, 6.07) is 8.90. The van der Waals surface area contributed by atoms with E-state index in [4.69, 9.17) is 44.8 Å². The molecule has 1 saturated heterocycles. The molecule has 0 aliphatic carbocycles. The average molecular weight is 602 g/mol.